The lowest BCUT2D eigenvalue weighted by atomic mass is 10.1. The number of anilines is 2. The largest absolute Gasteiger partial charge is 0.322 e. The van der Waals surface area contributed by atoms with E-state index in [0.717, 1.165) is 16.8 Å². The van der Waals surface area contributed by atoms with Crippen molar-refractivity contribution in [3.63, 3.8) is 0 Å². The molecule has 33 heavy (non-hydrogen) atoms. The molecule has 0 bridgehead atoms. The van der Waals surface area contributed by atoms with Crippen LogP contribution in [0.2, 0.25) is 0 Å². The third kappa shape index (κ3) is 3.87. The molecule has 0 spiro atoms. The maximum Gasteiger partial charge on any atom is 0.259 e. The molecule has 2 amide bonds. The van der Waals surface area contributed by atoms with E-state index in [1.807, 2.05) is 12.1 Å². The van der Waals surface area contributed by atoms with Crippen LogP contribution in [0, 0.1) is 12.7 Å². The average molecular weight is 441 g/mol. The Morgan fingerprint density at radius 1 is 1.12 bits per heavy atom. The highest BCUT2D eigenvalue weighted by Gasteiger charge is 2.27. The summed E-state index contributed by atoms with van der Waals surface area (Å²) >= 11 is 0. The van der Waals surface area contributed by atoms with Crippen LogP contribution < -0.4 is 10.2 Å². The number of nitrogens with one attached hydrogen (secondary N) is 2. The smallest absolute Gasteiger partial charge is 0.259 e. The number of amides is 2. The fraction of sp³-hybridized carbons (Fsp3) is 0.120. The first-order chi connectivity index (χ1) is 16.0. The number of aryl methyl sites for hydroxylation is 1. The van der Waals surface area contributed by atoms with Crippen molar-refractivity contribution in [3.05, 3.63) is 95.1 Å². The third-order valence-electron chi connectivity index (χ3n) is 5.71. The van der Waals surface area contributed by atoms with Gasteiger partial charge in [0.25, 0.3) is 11.8 Å². The van der Waals surface area contributed by atoms with E-state index in [-0.39, 0.29) is 11.5 Å². The summed E-state index contributed by atoms with van der Waals surface area (Å²) in [6.07, 6.45) is 4.08. The van der Waals surface area contributed by atoms with Gasteiger partial charge in [0.15, 0.2) is 0 Å². The van der Waals surface area contributed by atoms with Gasteiger partial charge in [0.05, 0.1) is 11.9 Å². The fourth-order valence-corrected chi connectivity index (χ4v) is 3.97. The van der Waals surface area contributed by atoms with Crippen LogP contribution in [0.1, 0.15) is 31.8 Å². The van der Waals surface area contributed by atoms with E-state index in [2.05, 4.69) is 20.5 Å². The standard InChI is InChI=1S/C25H20FN5O2/c1-15-4-7-18(26)13-21(15)24(32)29-19-8-5-16(6-9-19)25(33)31-12-10-17-14-28-30-22(17)20-3-2-11-27-23(20)31/h2-9,11,13-14H,10,12H2,1H3,(H,28,30)(H,29,32). The minimum Gasteiger partial charge on any atom is -0.322 e. The molecule has 4 aromatic rings. The number of rotatable bonds is 3. The first-order valence-corrected chi connectivity index (χ1v) is 10.5. The molecule has 2 aromatic carbocycles. The van der Waals surface area contributed by atoms with Gasteiger partial charge in [0.1, 0.15) is 11.6 Å². The van der Waals surface area contributed by atoms with Crippen LogP contribution in [-0.2, 0) is 6.42 Å². The Kier molecular flexibility index (Phi) is 5.18. The van der Waals surface area contributed by atoms with Crippen LogP contribution in [0.25, 0.3) is 11.3 Å². The molecule has 1 aliphatic rings. The Morgan fingerprint density at radius 2 is 1.94 bits per heavy atom. The second-order valence-electron chi connectivity index (χ2n) is 7.84. The number of hydrogen-bond donors (Lipinski definition) is 2. The van der Waals surface area contributed by atoms with Crippen LogP contribution in [0.4, 0.5) is 15.9 Å². The monoisotopic (exact) mass is 441 g/mol. The molecule has 2 N–H and O–H groups in total. The Hall–Kier alpha value is -4.33. The van der Waals surface area contributed by atoms with E-state index in [1.54, 1.807) is 54.5 Å². The highest BCUT2D eigenvalue weighted by molar-refractivity contribution is 6.08. The van der Waals surface area contributed by atoms with Gasteiger partial charge < -0.3 is 5.32 Å². The van der Waals surface area contributed by atoms with Gasteiger partial charge in [-0.3, -0.25) is 19.6 Å². The molecule has 7 nitrogen and oxygen atoms in total. The lowest BCUT2D eigenvalue weighted by Gasteiger charge is -2.21. The maximum atomic E-state index is 13.5. The normalized spacial score (nSPS) is 12.5. The first kappa shape index (κ1) is 20.6. The number of carbonyl (C=O) groups excluding carboxylic acids is 2. The van der Waals surface area contributed by atoms with E-state index >= 15 is 0 Å². The number of fused-ring (bicyclic) bond motifs is 3. The molecular weight excluding hydrogens is 421 g/mol. The fourth-order valence-electron chi connectivity index (χ4n) is 3.97. The maximum absolute atomic E-state index is 13.5. The SMILES string of the molecule is Cc1ccc(F)cc1C(=O)Nc1ccc(C(=O)N2CCc3cn[nH]c3-c3cccnc32)cc1. The van der Waals surface area contributed by atoms with Gasteiger partial charge in [0.2, 0.25) is 0 Å². The summed E-state index contributed by atoms with van der Waals surface area (Å²) in [7, 11) is 0. The van der Waals surface area contributed by atoms with Crippen molar-refractivity contribution in [2.75, 3.05) is 16.8 Å². The minimum atomic E-state index is -0.472. The van der Waals surface area contributed by atoms with E-state index in [1.165, 1.54) is 12.1 Å². The molecule has 0 fully saturated rings. The molecule has 3 heterocycles. The average Bonchev–Trinajstić information content (AvgIpc) is 3.24. The Labute approximate surface area is 189 Å². The van der Waals surface area contributed by atoms with Crippen molar-refractivity contribution in [3.8, 4) is 11.3 Å². The topological polar surface area (TPSA) is 91.0 Å². The summed E-state index contributed by atoms with van der Waals surface area (Å²) in [6, 6.07) is 14.5. The quantitative estimate of drug-likeness (QED) is 0.494. The molecule has 1 aliphatic heterocycles. The summed E-state index contributed by atoms with van der Waals surface area (Å²) in [5.41, 5.74) is 4.65. The van der Waals surface area contributed by atoms with Gasteiger partial charge in [-0.25, -0.2) is 9.37 Å². The number of aromatic amines is 1. The Balaban J connectivity index is 1.37. The number of benzene rings is 2. The number of carbonyl (C=O) groups is 2. The second-order valence-corrected chi connectivity index (χ2v) is 7.84. The van der Waals surface area contributed by atoms with Gasteiger partial charge in [-0.15, -0.1) is 0 Å². The molecule has 0 aliphatic carbocycles. The number of halogens is 1. The Morgan fingerprint density at radius 3 is 2.76 bits per heavy atom. The van der Waals surface area contributed by atoms with Crippen molar-refractivity contribution >= 4 is 23.3 Å². The van der Waals surface area contributed by atoms with Gasteiger partial charge in [-0.05, 0) is 73.0 Å². The predicted molar refractivity (Wildman–Crippen MR) is 123 cm³/mol. The molecule has 0 saturated heterocycles. The summed E-state index contributed by atoms with van der Waals surface area (Å²) < 4.78 is 13.5. The van der Waals surface area contributed by atoms with Crippen LogP contribution >= 0.6 is 0 Å². The first-order valence-electron chi connectivity index (χ1n) is 10.5. The summed E-state index contributed by atoms with van der Waals surface area (Å²) in [4.78, 5) is 32.0. The van der Waals surface area contributed by atoms with Crippen molar-refractivity contribution in [2.24, 2.45) is 0 Å². The lowest BCUT2D eigenvalue weighted by Crippen LogP contribution is -2.33. The van der Waals surface area contributed by atoms with Crippen LogP contribution in [0.3, 0.4) is 0 Å². The van der Waals surface area contributed by atoms with Gasteiger partial charge in [-0.2, -0.15) is 5.10 Å². The molecule has 0 saturated carbocycles. The van der Waals surface area contributed by atoms with Crippen LogP contribution in [-0.4, -0.2) is 33.5 Å². The van der Waals surface area contributed by atoms with Gasteiger partial charge in [0, 0.05) is 35.1 Å². The predicted octanol–water partition coefficient (Wildman–Crippen LogP) is 4.37. The van der Waals surface area contributed by atoms with E-state index in [9.17, 15) is 14.0 Å². The van der Waals surface area contributed by atoms with E-state index < -0.39 is 11.7 Å². The number of nitrogens with zero attached hydrogens (tertiary/aromatic N) is 3. The zero-order chi connectivity index (χ0) is 22.9. The number of pyridine rings is 1. The highest BCUT2D eigenvalue weighted by Crippen LogP contribution is 2.34. The molecule has 8 heteroatoms. The molecule has 5 rings (SSSR count). The number of H-pyrrole nitrogens is 1. The molecule has 2 aromatic heterocycles. The molecular formula is C25H20FN5O2. The molecule has 0 atom stereocenters. The zero-order valence-corrected chi connectivity index (χ0v) is 17.8. The Bertz CT molecular complexity index is 1360. The summed E-state index contributed by atoms with van der Waals surface area (Å²) in [5, 5.41) is 9.89. The molecule has 164 valence electrons. The van der Waals surface area contributed by atoms with E-state index in [4.69, 9.17) is 0 Å². The third-order valence-corrected chi connectivity index (χ3v) is 5.71. The highest BCUT2D eigenvalue weighted by atomic mass is 19.1. The lowest BCUT2D eigenvalue weighted by molar-refractivity contribution is 0.0985. The minimum absolute atomic E-state index is 0.188. The second kappa shape index (κ2) is 8.31. The van der Waals surface area contributed by atoms with E-state index in [0.29, 0.717) is 35.6 Å². The summed E-state index contributed by atoms with van der Waals surface area (Å²) in [6.45, 7) is 2.21. The van der Waals surface area contributed by atoms with Crippen molar-refractivity contribution < 1.29 is 14.0 Å². The number of aromatic nitrogens is 3. The van der Waals surface area contributed by atoms with Gasteiger partial charge >= 0.3 is 0 Å². The van der Waals surface area contributed by atoms with Gasteiger partial charge in [-0.1, -0.05) is 6.07 Å². The molecule has 0 unspecified atom stereocenters. The molecule has 0 radical (unpaired) electrons. The van der Waals surface area contributed by atoms with Crippen LogP contribution in [0.5, 0.6) is 0 Å². The van der Waals surface area contributed by atoms with Crippen molar-refractivity contribution in [1.82, 2.24) is 15.2 Å². The van der Waals surface area contributed by atoms with Crippen molar-refractivity contribution in [2.45, 2.75) is 13.3 Å². The summed E-state index contributed by atoms with van der Waals surface area (Å²) in [5.74, 6) is -0.497. The number of hydrogen-bond acceptors (Lipinski definition) is 4. The van der Waals surface area contributed by atoms with Crippen LogP contribution in [0.15, 0.2) is 67.0 Å². The van der Waals surface area contributed by atoms with Crippen molar-refractivity contribution in [1.29, 1.82) is 0 Å². The zero-order valence-electron chi connectivity index (χ0n) is 17.8.